The molecule has 5 aromatic rings. The molecule has 0 bridgehead atoms. The first-order valence-corrected chi connectivity index (χ1v) is 10.0. The normalized spacial score (nSPS) is 10.9. The van der Waals surface area contributed by atoms with Crippen LogP contribution in [-0.2, 0) is 0 Å². The van der Waals surface area contributed by atoms with Crippen LogP contribution < -0.4 is 5.32 Å². The second kappa shape index (κ2) is 8.03. The molecule has 7 heteroatoms. The number of benzene rings is 1. The van der Waals surface area contributed by atoms with E-state index in [-0.39, 0.29) is 5.82 Å². The third-order valence-electron chi connectivity index (χ3n) is 5.30. The summed E-state index contributed by atoms with van der Waals surface area (Å²) < 4.78 is 14.4. The summed E-state index contributed by atoms with van der Waals surface area (Å²) in [6.07, 6.45) is 6.87. The third-order valence-corrected chi connectivity index (χ3v) is 5.30. The Balaban J connectivity index is 1.62. The standard InChI is InChI=1S/C25H19FN6/c1-15(19-12-21(30-14-22(19)27-2)16-6-5-10-28-13-16)24-31-23-18(9-11-29-25(23)32-24)17-7-3-4-8-20(17)26/h3-14,27H,1H2,2H3,(H,29,31,32). The van der Waals surface area contributed by atoms with Crippen molar-refractivity contribution in [3.8, 4) is 22.4 Å². The lowest BCUT2D eigenvalue weighted by molar-refractivity contribution is 0.631. The number of nitrogens with one attached hydrogen (secondary N) is 2. The summed E-state index contributed by atoms with van der Waals surface area (Å²) >= 11 is 0. The van der Waals surface area contributed by atoms with E-state index < -0.39 is 0 Å². The van der Waals surface area contributed by atoms with E-state index in [0.717, 1.165) is 22.5 Å². The Kier molecular flexibility index (Phi) is 4.91. The Morgan fingerprint density at radius 1 is 1.00 bits per heavy atom. The fourth-order valence-corrected chi connectivity index (χ4v) is 3.66. The highest BCUT2D eigenvalue weighted by molar-refractivity contribution is 5.93. The van der Waals surface area contributed by atoms with Crippen LogP contribution in [0.1, 0.15) is 11.4 Å². The number of hydrogen-bond acceptors (Lipinski definition) is 5. The first kappa shape index (κ1) is 19.6. The largest absolute Gasteiger partial charge is 0.386 e. The highest BCUT2D eigenvalue weighted by atomic mass is 19.1. The van der Waals surface area contributed by atoms with Crippen LogP contribution in [0.3, 0.4) is 0 Å². The first-order valence-electron chi connectivity index (χ1n) is 10.0. The van der Waals surface area contributed by atoms with Crippen molar-refractivity contribution in [1.29, 1.82) is 0 Å². The predicted molar refractivity (Wildman–Crippen MR) is 124 cm³/mol. The number of anilines is 1. The van der Waals surface area contributed by atoms with Crippen LogP contribution in [-0.4, -0.2) is 32.0 Å². The topological polar surface area (TPSA) is 79.4 Å². The van der Waals surface area contributed by atoms with Gasteiger partial charge in [-0.25, -0.2) is 14.4 Å². The van der Waals surface area contributed by atoms with Crippen molar-refractivity contribution in [2.75, 3.05) is 12.4 Å². The zero-order valence-corrected chi connectivity index (χ0v) is 17.3. The van der Waals surface area contributed by atoms with Gasteiger partial charge >= 0.3 is 0 Å². The molecule has 5 rings (SSSR count). The summed E-state index contributed by atoms with van der Waals surface area (Å²) in [5.74, 6) is 0.249. The molecule has 0 aliphatic heterocycles. The highest BCUT2D eigenvalue weighted by Crippen LogP contribution is 2.33. The van der Waals surface area contributed by atoms with Crippen molar-refractivity contribution >= 4 is 22.4 Å². The third kappa shape index (κ3) is 3.39. The minimum atomic E-state index is -0.303. The number of aromatic nitrogens is 5. The minimum absolute atomic E-state index is 0.303. The van der Waals surface area contributed by atoms with Gasteiger partial charge in [-0.1, -0.05) is 24.8 Å². The number of nitrogens with zero attached hydrogens (tertiary/aromatic N) is 4. The van der Waals surface area contributed by atoms with E-state index in [0.29, 0.717) is 33.7 Å². The maximum absolute atomic E-state index is 14.4. The van der Waals surface area contributed by atoms with Gasteiger partial charge < -0.3 is 10.3 Å². The van der Waals surface area contributed by atoms with Crippen molar-refractivity contribution in [3.63, 3.8) is 0 Å². The summed E-state index contributed by atoms with van der Waals surface area (Å²) in [6.45, 7) is 4.27. The molecule has 0 radical (unpaired) electrons. The number of imidazole rings is 1. The second-order valence-corrected chi connectivity index (χ2v) is 7.21. The Morgan fingerprint density at radius 3 is 2.66 bits per heavy atom. The molecule has 6 nitrogen and oxygen atoms in total. The minimum Gasteiger partial charge on any atom is -0.386 e. The van der Waals surface area contributed by atoms with Gasteiger partial charge in [0.15, 0.2) is 5.65 Å². The van der Waals surface area contributed by atoms with Crippen molar-refractivity contribution in [1.82, 2.24) is 24.9 Å². The van der Waals surface area contributed by atoms with Crippen molar-refractivity contribution in [2.24, 2.45) is 0 Å². The average molecular weight is 422 g/mol. The molecule has 0 amide bonds. The number of aromatic amines is 1. The van der Waals surface area contributed by atoms with Crippen molar-refractivity contribution < 1.29 is 4.39 Å². The zero-order chi connectivity index (χ0) is 22.1. The fourth-order valence-electron chi connectivity index (χ4n) is 3.66. The van der Waals surface area contributed by atoms with Gasteiger partial charge in [0.25, 0.3) is 0 Å². The lowest BCUT2D eigenvalue weighted by Gasteiger charge is -2.12. The van der Waals surface area contributed by atoms with E-state index in [1.807, 2.05) is 25.2 Å². The summed E-state index contributed by atoms with van der Waals surface area (Å²) in [6, 6.07) is 14.2. The number of halogens is 1. The molecule has 0 saturated heterocycles. The molecule has 0 aliphatic rings. The molecule has 4 aromatic heterocycles. The number of fused-ring (bicyclic) bond motifs is 1. The molecular formula is C25H19FN6. The lowest BCUT2D eigenvalue weighted by atomic mass is 10.0. The molecule has 0 aliphatic carbocycles. The lowest BCUT2D eigenvalue weighted by Crippen LogP contribution is -1.99. The number of H-pyrrole nitrogens is 1. The molecule has 0 fully saturated rings. The second-order valence-electron chi connectivity index (χ2n) is 7.21. The monoisotopic (exact) mass is 422 g/mol. The SMILES string of the molecule is C=C(c1nc2nccc(-c3ccccc3F)c2[nH]1)c1cc(-c2cccnc2)ncc1NC. The van der Waals surface area contributed by atoms with Crippen LogP contribution in [0.25, 0.3) is 39.1 Å². The molecular weight excluding hydrogens is 403 g/mol. The summed E-state index contributed by atoms with van der Waals surface area (Å²) in [4.78, 5) is 21.0. The predicted octanol–water partition coefficient (Wildman–Crippen LogP) is 5.32. The van der Waals surface area contributed by atoms with Crippen LogP contribution in [0.2, 0.25) is 0 Å². The molecule has 2 N–H and O–H groups in total. The summed E-state index contributed by atoms with van der Waals surface area (Å²) in [7, 11) is 1.83. The Labute approximate surface area is 183 Å². The van der Waals surface area contributed by atoms with Crippen LogP contribution in [0.5, 0.6) is 0 Å². The molecule has 156 valence electrons. The van der Waals surface area contributed by atoms with Crippen LogP contribution in [0.15, 0.2) is 79.9 Å². The van der Waals surface area contributed by atoms with Crippen LogP contribution >= 0.6 is 0 Å². The van der Waals surface area contributed by atoms with Gasteiger partial charge in [-0.05, 0) is 30.3 Å². The van der Waals surface area contributed by atoms with E-state index in [1.54, 1.807) is 49.1 Å². The smallest absolute Gasteiger partial charge is 0.178 e. The van der Waals surface area contributed by atoms with Gasteiger partial charge in [0.1, 0.15) is 11.6 Å². The number of rotatable bonds is 5. The van der Waals surface area contributed by atoms with E-state index >= 15 is 0 Å². The van der Waals surface area contributed by atoms with Crippen LogP contribution in [0.4, 0.5) is 10.1 Å². The Morgan fingerprint density at radius 2 is 1.88 bits per heavy atom. The molecule has 1 aromatic carbocycles. The zero-order valence-electron chi connectivity index (χ0n) is 17.3. The van der Waals surface area contributed by atoms with Crippen molar-refractivity contribution in [3.05, 3.63) is 97.1 Å². The maximum atomic E-state index is 14.4. The number of pyridine rings is 3. The van der Waals surface area contributed by atoms with E-state index in [1.165, 1.54) is 6.07 Å². The van der Waals surface area contributed by atoms with Gasteiger partial charge in [0.05, 0.1) is 23.1 Å². The summed E-state index contributed by atoms with van der Waals surface area (Å²) in [5, 5.41) is 3.16. The van der Waals surface area contributed by atoms with E-state index in [9.17, 15) is 4.39 Å². The molecule has 32 heavy (non-hydrogen) atoms. The van der Waals surface area contributed by atoms with Gasteiger partial charge in [-0.2, -0.15) is 0 Å². The van der Waals surface area contributed by atoms with Gasteiger partial charge in [-0.3, -0.25) is 9.97 Å². The summed E-state index contributed by atoms with van der Waals surface area (Å²) in [5.41, 5.74) is 6.32. The Bertz CT molecular complexity index is 1440. The molecule has 0 atom stereocenters. The molecule has 0 saturated carbocycles. The van der Waals surface area contributed by atoms with Gasteiger partial charge in [-0.15, -0.1) is 0 Å². The molecule has 0 spiro atoms. The van der Waals surface area contributed by atoms with Crippen LogP contribution in [0, 0.1) is 5.82 Å². The highest BCUT2D eigenvalue weighted by Gasteiger charge is 2.17. The molecule has 4 heterocycles. The van der Waals surface area contributed by atoms with Gasteiger partial charge in [0, 0.05) is 53.5 Å². The van der Waals surface area contributed by atoms with E-state index in [2.05, 4.69) is 36.8 Å². The fraction of sp³-hybridized carbons (Fsp3) is 0.0400. The maximum Gasteiger partial charge on any atom is 0.178 e. The molecule has 0 unspecified atom stereocenters. The van der Waals surface area contributed by atoms with E-state index in [4.69, 9.17) is 0 Å². The quantitative estimate of drug-likeness (QED) is 0.401. The first-order chi connectivity index (χ1) is 15.7. The van der Waals surface area contributed by atoms with Gasteiger partial charge in [0.2, 0.25) is 0 Å². The Hall–Kier alpha value is -4.39. The van der Waals surface area contributed by atoms with Crippen molar-refractivity contribution in [2.45, 2.75) is 0 Å². The number of hydrogen-bond donors (Lipinski definition) is 2. The average Bonchev–Trinajstić information content (AvgIpc) is 3.29.